The molecule has 1 aliphatic rings. The van der Waals surface area contributed by atoms with Gasteiger partial charge in [-0.05, 0) is 75.4 Å². The molecule has 0 spiro atoms. The standard InChI is InChI=1S/C33H37FN2O4/c1-5-39-30(37)19-18-26-17-16-25(21-28(26)34)23-36(32(38)40-33(2,3)4)29-15-9-13-27-14-10-20-35(31(27)29)22-24-11-7-6-8-12-24/h6-9,11-13,15-19,21H,5,10,14,20,22-23H2,1-4H3. The van der Waals surface area contributed by atoms with Crippen LogP contribution in [-0.2, 0) is 33.8 Å². The summed E-state index contributed by atoms with van der Waals surface area (Å²) < 4.78 is 25.7. The Morgan fingerprint density at radius 3 is 2.50 bits per heavy atom. The van der Waals surface area contributed by atoms with Gasteiger partial charge < -0.3 is 14.4 Å². The smallest absolute Gasteiger partial charge is 0.415 e. The van der Waals surface area contributed by atoms with Gasteiger partial charge in [-0.25, -0.2) is 14.0 Å². The van der Waals surface area contributed by atoms with E-state index in [-0.39, 0.29) is 18.7 Å². The number of esters is 1. The number of ether oxygens (including phenoxy) is 2. The van der Waals surface area contributed by atoms with Crippen LogP contribution < -0.4 is 9.80 Å². The minimum Gasteiger partial charge on any atom is -0.463 e. The summed E-state index contributed by atoms with van der Waals surface area (Å²) in [5.41, 5.74) is 4.22. The van der Waals surface area contributed by atoms with Gasteiger partial charge in [0.15, 0.2) is 0 Å². The fourth-order valence-corrected chi connectivity index (χ4v) is 4.80. The number of halogens is 1. The largest absolute Gasteiger partial charge is 0.463 e. The van der Waals surface area contributed by atoms with Crippen LogP contribution in [0.3, 0.4) is 0 Å². The van der Waals surface area contributed by atoms with Crippen molar-refractivity contribution >= 4 is 29.5 Å². The molecule has 0 bridgehead atoms. The number of carbonyl (C=O) groups excluding carboxylic acids is 2. The fourth-order valence-electron chi connectivity index (χ4n) is 4.80. The van der Waals surface area contributed by atoms with E-state index in [1.165, 1.54) is 29.3 Å². The molecule has 0 saturated heterocycles. The maximum absolute atomic E-state index is 15.0. The number of nitrogens with zero attached hydrogens (tertiary/aromatic N) is 2. The summed E-state index contributed by atoms with van der Waals surface area (Å²) in [5.74, 6) is -1.03. The van der Waals surface area contributed by atoms with E-state index in [9.17, 15) is 9.59 Å². The first kappa shape index (κ1) is 28.9. The minimum absolute atomic E-state index is 0.114. The van der Waals surface area contributed by atoms with Crippen molar-refractivity contribution in [3.8, 4) is 0 Å². The van der Waals surface area contributed by atoms with E-state index in [1.807, 2.05) is 51.1 Å². The summed E-state index contributed by atoms with van der Waals surface area (Å²) >= 11 is 0. The van der Waals surface area contributed by atoms with Crippen molar-refractivity contribution in [3.05, 3.63) is 101 Å². The number of aryl methyl sites for hydroxylation is 1. The second kappa shape index (κ2) is 12.8. The maximum atomic E-state index is 15.0. The molecule has 3 aromatic carbocycles. The van der Waals surface area contributed by atoms with Crippen LogP contribution in [0.2, 0.25) is 0 Å². The van der Waals surface area contributed by atoms with Crippen LogP contribution >= 0.6 is 0 Å². The summed E-state index contributed by atoms with van der Waals surface area (Å²) in [5, 5.41) is 0. The molecule has 0 radical (unpaired) electrons. The van der Waals surface area contributed by atoms with Crippen LogP contribution in [0.5, 0.6) is 0 Å². The number of fused-ring (bicyclic) bond motifs is 1. The Labute approximate surface area is 236 Å². The zero-order valence-corrected chi connectivity index (χ0v) is 23.7. The molecule has 0 N–H and O–H groups in total. The minimum atomic E-state index is -0.707. The molecule has 1 amide bonds. The number of rotatable bonds is 8. The van der Waals surface area contributed by atoms with Crippen molar-refractivity contribution in [1.82, 2.24) is 0 Å². The molecule has 3 aromatic rings. The lowest BCUT2D eigenvalue weighted by molar-refractivity contribution is -0.137. The van der Waals surface area contributed by atoms with Crippen LogP contribution in [0.4, 0.5) is 20.6 Å². The van der Waals surface area contributed by atoms with Crippen LogP contribution in [0, 0.1) is 5.82 Å². The summed E-state index contributed by atoms with van der Waals surface area (Å²) in [7, 11) is 0. The highest BCUT2D eigenvalue weighted by Crippen LogP contribution is 2.39. The lowest BCUT2D eigenvalue weighted by Crippen LogP contribution is -2.38. The quantitative estimate of drug-likeness (QED) is 0.220. The van der Waals surface area contributed by atoms with Crippen molar-refractivity contribution in [3.63, 3.8) is 0 Å². The number of anilines is 2. The van der Waals surface area contributed by atoms with E-state index in [1.54, 1.807) is 24.0 Å². The van der Waals surface area contributed by atoms with Gasteiger partial charge in [-0.2, -0.15) is 0 Å². The van der Waals surface area contributed by atoms with Crippen molar-refractivity contribution in [2.75, 3.05) is 23.0 Å². The molecule has 6 nitrogen and oxygen atoms in total. The van der Waals surface area contributed by atoms with E-state index >= 15 is 4.39 Å². The molecule has 4 rings (SSSR count). The summed E-state index contributed by atoms with van der Waals surface area (Å²) in [4.78, 5) is 29.2. The van der Waals surface area contributed by atoms with Gasteiger partial charge in [0.1, 0.15) is 11.4 Å². The molecule has 0 aliphatic carbocycles. The van der Waals surface area contributed by atoms with Gasteiger partial charge in [0.25, 0.3) is 0 Å². The van der Waals surface area contributed by atoms with Crippen molar-refractivity contribution in [1.29, 1.82) is 0 Å². The van der Waals surface area contributed by atoms with Crippen LogP contribution in [0.1, 0.15) is 56.4 Å². The highest BCUT2D eigenvalue weighted by molar-refractivity contribution is 5.93. The van der Waals surface area contributed by atoms with Crippen molar-refractivity contribution < 1.29 is 23.5 Å². The average molecular weight is 545 g/mol. The SMILES string of the molecule is CCOC(=O)C=Cc1ccc(CN(C(=O)OC(C)(C)C)c2cccc3c2N(Cc2ccccc2)CCC3)cc1F. The number of amides is 1. The van der Waals surface area contributed by atoms with Gasteiger partial charge in [-0.3, -0.25) is 4.90 Å². The first-order valence-corrected chi connectivity index (χ1v) is 13.7. The van der Waals surface area contributed by atoms with E-state index in [4.69, 9.17) is 9.47 Å². The van der Waals surface area contributed by atoms with Gasteiger partial charge >= 0.3 is 12.1 Å². The predicted molar refractivity (Wildman–Crippen MR) is 157 cm³/mol. The third kappa shape index (κ3) is 7.50. The Hall–Kier alpha value is -4.13. The van der Waals surface area contributed by atoms with Gasteiger partial charge in [0, 0.05) is 24.7 Å². The lowest BCUT2D eigenvalue weighted by Gasteiger charge is -2.36. The molecule has 210 valence electrons. The molecule has 1 heterocycles. The highest BCUT2D eigenvalue weighted by atomic mass is 19.1. The maximum Gasteiger partial charge on any atom is 0.415 e. The number of benzene rings is 3. The first-order valence-electron chi connectivity index (χ1n) is 13.7. The molecule has 0 saturated carbocycles. The normalized spacial score (nSPS) is 13.2. The number of hydrogen-bond donors (Lipinski definition) is 0. The summed E-state index contributed by atoms with van der Waals surface area (Å²) in [6.07, 6.45) is 4.01. The molecule has 0 aromatic heterocycles. The Morgan fingerprint density at radius 2 is 1.80 bits per heavy atom. The number of carbonyl (C=O) groups is 2. The Bertz CT molecular complexity index is 1360. The second-order valence-corrected chi connectivity index (χ2v) is 10.8. The van der Waals surface area contributed by atoms with Gasteiger partial charge in [0.05, 0.1) is 24.5 Å². The number of para-hydroxylation sites is 1. The molecule has 0 unspecified atom stereocenters. The zero-order chi connectivity index (χ0) is 28.7. The fraction of sp³-hybridized carbons (Fsp3) is 0.333. The monoisotopic (exact) mass is 544 g/mol. The summed E-state index contributed by atoms with van der Waals surface area (Å²) in [6, 6.07) is 21.0. The van der Waals surface area contributed by atoms with Gasteiger partial charge in [-0.15, -0.1) is 0 Å². The molecule has 40 heavy (non-hydrogen) atoms. The molecule has 1 aliphatic heterocycles. The van der Waals surface area contributed by atoms with Crippen molar-refractivity contribution in [2.24, 2.45) is 0 Å². The lowest BCUT2D eigenvalue weighted by atomic mass is 9.98. The highest BCUT2D eigenvalue weighted by Gasteiger charge is 2.29. The zero-order valence-electron chi connectivity index (χ0n) is 23.7. The van der Waals surface area contributed by atoms with E-state index in [0.717, 1.165) is 30.8 Å². The second-order valence-electron chi connectivity index (χ2n) is 10.8. The van der Waals surface area contributed by atoms with Gasteiger partial charge in [-0.1, -0.05) is 54.6 Å². The van der Waals surface area contributed by atoms with Crippen LogP contribution in [0.25, 0.3) is 6.08 Å². The molecular formula is C33H37FN2O4. The van der Waals surface area contributed by atoms with Crippen LogP contribution in [-0.4, -0.2) is 30.8 Å². The molecule has 7 heteroatoms. The van der Waals surface area contributed by atoms with Crippen LogP contribution in [0.15, 0.2) is 72.8 Å². The molecule has 0 fully saturated rings. The predicted octanol–water partition coefficient (Wildman–Crippen LogP) is 7.30. The topological polar surface area (TPSA) is 59.1 Å². The number of hydrogen-bond acceptors (Lipinski definition) is 5. The average Bonchev–Trinajstić information content (AvgIpc) is 2.91. The van der Waals surface area contributed by atoms with E-state index in [0.29, 0.717) is 12.1 Å². The first-order chi connectivity index (χ1) is 19.1. The Balaban J connectivity index is 1.69. The Kier molecular flexibility index (Phi) is 9.25. The molecular weight excluding hydrogens is 507 g/mol. The third-order valence-corrected chi connectivity index (χ3v) is 6.50. The van der Waals surface area contributed by atoms with E-state index < -0.39 is 23.5 Å². The van der Waals surface area contributed by atoms with E-state index in [2.05, 4.69) is 23.1 Å². The summed E-state index contributed by atoms with van der Waals surface area (Å²) in [6.45, 7) is 9.13. The van der Waals surface area contributed by atoms with Gasteiger partial charge in [0.2, 0.25) is 0 Å². The van der Waals surface area contributed by atoms with Crippen molar-refractivity contribution in [2.45, 2.75) is 59.2 Å². The Morgan fingerprint density at radius 1 is 1.02 bits per heavy atom. The third-order valence-electron chi connectivity index (χ3n) is 6.50. The molecule has 0 atom stereocenters.